The molecule has 0 saturated heterocycles. The van der Waals surface area contributed by atoms with E-state index in [1.807, 2.05) is 42.6 Å². The van der Waals surface area contributed by atoms with Crippen molar-refractivity contribution < 1.29 is 8.42 Å². The van der Waals surface area contributed by atoms with Crippen LogP contribution in [0.15, 0.2) is 48.8 Å². The summed E-state index contributed by atoms with van der Waals surface area (Å²) in [5, 5.41) is 4.06. The lowest BCUT2D eigenvalue weighted by Crippen LogP contribution is -2.26. The van der Waals surface area contributed by atoms with Crippen molar-refractivity contribution in [1.82, 2.24) is 14.5 Å². The van der Waals surface area contributed by atoms with Gasteiger partial charge in [-0.3, -0.25) is 4.68 Å². The standard InChI is InChI=1S/C13H17N3O2S/c17-19(18,12-13-6-2-1-3-7-13)15-9-5-11-16-10-4-8-14-16/h1-4,6-8,10,15H,5,9,11-12H2. The lowest BCUT2D eigenvalue weighted by molar-refractivity contribution is 0.552. The van der Waals surface area contributed by atoms with Crippen LogP contribution >= 0.6 is 0 Å². The molecule has 0 spiro atoms. The second-order valence-electron chi connectivity index (χ2n) is 4.26. The van der Waals surface area contributed by atoms with E-state index in [2.05, 4.69) is 9.82 Å². The Kier molecular flexibility index (Phi) is 4.70. The van der Waals surface area contributed by atoms with Crippen LogP contribution < -0.4 is 4.72 Å². The van der Waals surface area contributed by atoms with E-state index in [1.165, 1.54) is 0 Å². The number of nitrogens with one attached hydrogen (secondary N) is 1. The predicted molar refractivity (Wildman–Crippen MR) is 73.9 cm³/mol. The van der Waals surface area contributed by atoms with Crippen molar-refractivity contribution in [2.45, 2.75) is 18.7 Å². The van der Waals surface area contributed by atoms with Crippen molar-refractivity contribution in [2.75, 3.05) is 6.54 Å². The zero-order valence-corrected chi connectivity index (χ0v) is 11.4. The molecule has 0 saturated carbocycles. The van der Waals surface area contributed by atoms with Crippen molar-refractivity contribution in [3.05, 3.63) is 54.4 Å². The fourth-order valence-corrected chi connectivity index (χ4v) is 2.93. The zero-order chi connectivity index (χ0) is 13.6. The van der Waals surface area contributed by atoms with Gasteiger partial charge in [-0.25, -0.2) is 13.1 Å². The van der Waals surface area contributed by atoms with Crippen LogP contribution in [0, 0.1) is 0 Å². The van der Waals surface area contributed by atoms with Crippen LogP contribution in [0.3, 0.4) is 0 Å². The molecule has 0 aliphatic rings. The quantitative estimate of drug-likeness (QED) is 0.779. The van der Waals surface area contributed by atoms with E-state index in [4.69, 9.17) is 0 Å². The Bertz CT molecular complexity index is 580. The van der Waals surface area contributed by atoms with Gasteiger partial charge in [-0.15, -0.1) is 0 Å². The molecule has 19 heavy (non-hydrogen) atoms. The summed E-state index contributed by atoms with van der Waals surface area (Å²) in [5.41, 5.74) is 0.794. The van der Waals surface area contributed by atoms with Gasteiger partial charge in [0.15, 0.2) is 0 Å². The molecule has 0 radical (unpaired) electrons. The lowest BCUT2D eigenvalue weighted by Gasteiger charge is -2.07. The zero-order valence-electron chi connectivity index (χ0n) is 10.6. The van der Waals surface area contributed by atoms with Crippen molar-refractivity contribution in [1.29, 1.82) is 0 Å². The Hall–Kier alpha value is -1.66. The molecule has 0 unspecified atom stereocenters. The number of sulfonamides is 1. The minimum atomic E-state index is -3.26. The first kappa shape index (κ1) is 13.8. The number of nitrogens with zero attached hydrogens (tertiary/aromatic N) is 2. The predicted octanol–water partition coefficient (Wildman–Crippen LogP) is 1.39. The Labute approximate surface area is 113 Å². The monoisotopic (exact) mass is 279 g/mol. The molecule has 0 bridgehead atoms. The molecular formula is C13H17N3O2S. The first-order chi connectivity index (χ1) is 9.16. The summed E-state index contributed by atoms with van der Waals surface area (Å²) in [6.07, 6.45) is 4.29. The van der Waals surface area contributed by atoms with E-state index >= 15 is 0 Å². The normalized spacial score (nSPS) is 11.6. The molecule has 0 aliphatic heterocycles. The van der Waals surface area contributed by atoms with E-state index in [-0.39, 0.29) is 5.75 Å². The van der Waals surface area contributed by atoms with Crippen LogP contribution in [0.1, 0.15) is 12.0 Å². The summed E-state index contributed by atoms with van der Waals surface area (Å²) in [6.45, 7) is 1.13. The number of aromatic nitrogens is 2. The Morgan fingerprint density at radius 2 is 1.95 bits per heavy atom. The highest BCUT2D eigenvalue weighted by molar-refractivity contribution is 7.88. The van der Waals surface area contributed by atoms with Gasteiger partial charge < -0.3 is 0 Å². The summed E-state index contributed by atoms with van der Waals surface area (Å²) in [7, 11) is -3.26. The molecule has 102 valence electrons. The molecule has 0 aliphatic carbocycles. The molecular weight excluding hydrogens is 262 g/mol. The molecule has 5 nitrogen and oxygen atoms in total. The highest BCUT2D eigenvalue weighted by Gasteiger charge is 2.10. The first-order valence-corrected chi connectivity index (χ1v) is 7.80. The fourth-order valence-electron chi connectivity index (χ4n) is 1.75. The summed E-state index contributed by atoms with van der Waals surface area (Å²) < 4.78 is 28.0. The van der Waals surface area contributed by atoms with Gasteiger partial charge in [-0.2, -0.15) is 5.10 Å². The third kappa shape index (κ3) is 4.84. The number of hydrogen-bond donors (Lipinski definition) is 1. The SMILES string of the molecule is O=S(=O)(Cc1ccccc1)NCCCn1cccn1. The van der Waals surface area contributed by atoms with E-state index in [9.17, 15) is 8.42 Å². The van der Waals surface area contributed by atoms with Gasteiger partial charge >= 0.3 is 0 Å². The largest absolute Gasteiger partial charge is 0.273 e. The lowest BCUT2D eigenvalue weighted by atomic mass is 10.2. The maximum atomic E-state index is 11.8. The topological polar surface area (TPSA) is 64.0 Å². The molecule has 0 fully saturated rings. The van der Waals surface area contributed by atoms with Crippen LogP contribution in [-0.2, 0) is 22.3 Å². The fraction of sp³-hybridized carbons (Fsp3) is 0.308. The molecule has 6 heteroatoms. The average Bonchev–Trinajstić information content (AvgIpc) is 2.88. The molecule has 0 atom stereocenters. The van der Waals surface area contributed by atoms with Crippen molar-refractivity contribution >= 4 is 10.0 Å². The number of aryl methyl sites for hydroxylation is 1. The Morgan fingerprint density at radius 1 is 1.16 bits per heavy atom. The highest BCUT2D eigenvalue weighted by Crippen LogP contribution is 2.03. The van der Waals surface area contributed by atoms with Crippen LogP contribution in [-0.4, -0.2) is 24.7 Å². The van der Waals surface area contributed by atoms with E-state index in [1.54, 1.807) is 10.9 Å². The summed E-state index contributed by atoms with van der Waals surface area (Å²) in [5.74, 6) is 0.0234. The summed E-state index contributed by atoms with van der Waals surface area (Å²) in [4.78, 5) is 0. The van der Waals surface area contributed by atoms with Gasteiger partial charge in [0.05, 0.1) is 5.75 Å². The highest BCUT2D eigenvalue weighted by atomic mass is 32.2. The molecule has 1 aromatic heterocycles. The second-order valence-corrected chi connectivity index (χ2v) is 6.07. The third-order valence-corrected chi connectivity index (χ3v) is 4.00. The van der Waals surface area contributed by atoms with Gasteiger partial charge in [0.2, 0.25) is 10.0 Å². The minimum absolute atomic E-state index is 0.0234. The number of hydrogen-bond acceptors (Lipinski definition) is 3. The summed E-state index contributed by atoms with van der Waals surface area (Å²) in [6, 6.07) is 11.0. The molecule has 0 amide bonds. The smallest absolute Gasteiger partial charge is 0.215 e. The maximum absolute atomic E-state index is 11.8. The van der Waals surface area contributed by atoms with E-state index in [0.717, 1.165) is 12.0 Å². The summed E-state index contributed by atoms with van der Waals surface area (Å²) >= 11 is 0. The van der Waals surface area contributed by atoms with Gasteiger partial charge in [-0.1, -0.05) is 30.3 Å². The van der Waals surface area contributed by atoms with Crippen molar-refractivity contribution in [3.8, 4) is 0 Å². The van der Waals surface area contributed by atoms with Gasteiger partial charge in [0.1, 0.15) is 0 Å². The van der Waals surface area contributed by atoms with Crippen molar-refractivity contribution in [2.24, 2.45) is 0 Å². The van der Waals surface area contributed by atoms with Gasteiger partial charge in [-0.05, 0) is 18.1 Å². The van der Waals surface area contributed by atoms with Crippen LogP contribution in [0.5, 0.6) is 0 Å². The number of benzene rings is 1. The maximum Gasteiger partial charge on any atom is 0.215 e. The molecule has 2 rings (SSSR count). The average molecular weight is 279 g/mol. The third-order valence-electron chi connectivity index (χ3n) is 2.64. The van der Waals surface area contributed by atoms with E-state index in [0.29, 0.717) is 13.1 Å². The van der Waals surface area contributed by atoms with Crippen LogP contribution in [0.4, 0.5) is 0 Å². The van der Waals surface area contributed by atoms with Gasteiger partial charge in [0.25, 0.3) is 0 Å². The van der Waals surface area contributed by atoms with Crippen LogP contribution in [0.25, 0.3) is 0 Å². The molecule has 1 N–H and O–H groups in total. The Balaban J connectivity index is 1.75. The molecule has 2 aromatic rings. The Morgan fingerprint density at radius 3 is 2.63 bits per heavy atom. The van der Waals surface area contributed by atoms with Gasteiger partial charge in [0, 0.05) is 25.5 Å². The van der Waals surface area contributed by atoms with E-state index < -0.39 is 10.0 Å². The van der Waals surface area contributed by atoms with Crippen molar-refractivity contribution in [3.63, 3.8) is 0 Å². The van der Waals surface area contributed by atoms with Crippen LogP contribution in [0.2, 0.25) is 0 Å². The molecule has 1 heterocycles. The molecule has 1 aromatic carbocycles. The first-order valence-electron chi connectivity index (χ1n) is 6.14. The minimum Gasteiger partial charge on any atom is -0.273 e. The second kappa shape index (κ2) is 6.49. The number of rotatable bonds is 7.